The zero-order chi connectivity index (χ0) is 11.4. The van der Waals surface area contributed by atoms with Crippen molar-refractivity contribution in [2.45, 2.75) is 39.2 Å². The summed E-state index contributed by atoms with van der Waals surface area (Å²) in [6, 6.07) is -0.223. The van der Waals surface area contributed by atoms with Crippen molar-refractivity contribution in [3.05, 3.63) is 0 Å². The molecule has 1 rings (SSSR count). The lowest BCUT2D eigenvalue weighted by molar-refractivity contribution is -0.136. The molecule has 1 aliphatic rings. The van der Waals surface area contributed by atoms with Gasteiger partial charge in [0.2, 0.25) is 5.91 Å². The molecule has 0 radical (unpaired) electrons. The number of rotatable bonds is 2. The van der Waals surface area contributed by atoms with E-state index in [0.717, 1.165) is 19.3 Å². The van der Waals surface area contributed by atoms with Crippen molar-refractivity contribution in [3.63, 3.8) is 0 Å². The van der Waals surface area contributed by atoms with Crippen LogP contribution in [0.25, 0.3) is 0 Å². The average molecular weight is 213 g/mol. The molecule has 3 N–H and O–H groups in total. The molecule has 1 aliphatic heterocycles. The predicted molar refractivity (Wildman–Crippen MR) is 57.6 cm³/mol. The van der Waals surface area contributed by atoms with E-state index in [1.807, 2.05) is 13.8 Å². The number of hydrogen-bond acceptors (Lipinski definition) is 3. The van der Waals surface area contributed by atoms with Crippen molar-refractivity contribution in [3.8, 4) is 0 Å². The second-order valence-electron chi connectivity index (χ2n) is 4.22. The highest BCUT2D eigenvalue weighted by Crippen LogP contribution is 2.19. The summed E-state index contributed by atoms with van der Waals surface area (Å²) in [6.45, 7) is 4.43. The van der Waals surface area contributed by atoms with Gasteiger partial charge in [0.1, 0.15) is 0 Å². The van der Waals surface area contributed by atoms with Crippen LogP contribution in [0.1, 0.15) is 33.1 Å². The van der Waals surface area contributed by atoms with Crippen molar-refractivity contribution >= 4 is 11.7 Å². The van der Waals surface area contributed by atoms with Crippen molar-refractivity contribution in [2.24, 2.45) is 16.8 Å². The van der Waals surface area contributed by atoms with Crippen molar-refractivity contribution < 1.29 is 10.0 Å². The highest BCUT2D eigenvalue weighted by molar-refractivity contribution is 5.90. The number of amides is 1. The van der Waals surface area contributed by atoms with Crippen molar-refractivity contribution in [2.75, 3.05) is 6.54 Å². The number of oxime groups is 1. The van der Waals surface area contributed by atoms with E-state index < -0.39 is 0 Å². The molecule has 1 saturated heterocycles. The fourth-order valence-corrected chi connectivity index (χ4v) is 1.90. The normalized spacial score (nSPS) is 23.3. The van der Waals surface area contributed by atoms with E-state index in [4.69, 9.17) is 10.9 Å². The molecule has 1 amide bonds. The summed E-state index contributed by atoms with van der Waals surface area (Å²) in [5.41, 5.74) is 5.58. The van der Waals surface area contributed by atoms with Crippen molar-refractivity contribution in [1.29, 1.82) is 0 Å². The van der Waals surface area contributed by atoms with Gasteiger partial charge in [-0.1, -0.05) is 19.0 Å². The van der Waals surface area contributed by atoms with Crippen LogP contribution in [-0.4, -0.2) is 34.4 Å². The second-order valence-corrected chi connectivity index (χ2v) is 4.22. The number of likely N-dealkylation sites (tertiary alicyclic amines) is 1. The molecule has 0 saturated carbocycles. The first-order valence-electron chi connectivity index (χ1n) is 5.35. The van der Waals surface area contributed by atoms with Gasteiger partial charge in [-0.25, -0.2) is 0 Å². The summed E-state index contributed by atoms with van der Waals surface area (Å²) in [5.74, 6) is 0.173. The summed E-state index contributed by atoms with van der Waals surface area (Å²) >= 11 is 0. The van der Waals surface area contributed by atoms with Crippen LogP contribution in [0.3, 0.4) is 0 Å². The molecule has 0 aromatic heterocycles. The monoisotopic (exact) mass is 213 g/mol. The lowest BCUT2D eigenvalue weighted by atomic mass is 9.99. The molecular weight excluding hydrogens is 194 g/mol. The first-order valence-corrected chi connectivity index (χ1v) is 5.35. The van der Waals surface area contributed by atoms with E-state index in [1.54, 1.807) is 4.90 Å². The molecule has 0 aliphatic carbocycles. The van der Waals surface area contributed by atoms with Crippen molar-refractivity contribution in [1.82, 2.24) is 4.90 Å². The topological polar surface area (TPSA) is 78.9 Å². The van der Waals surface area contributed by atoms with E-state index in [9.17, 15) is 4.79 Å². The van der Waals surface area contributed by atoms with Crippen LogP contribution in [-0.2, 0) is 4.79 Å². The van der Waals surface area contributed by atoms with Crippen LogP contribution in [0.2, 0.25) is 0 Å². The molecule has 1 unspecified atom stereocenters. The number of nitrogens with two attached hydrogens (primary N) is 1. The minimum absolute atomic E-state index is 0.0444. The van der Waals surface area contributed by atoms with Crippen LogP contribution in [0, 0.1) is 5.92 Å². The number of amidine groups is 1. The van der Waals surface area contributed by atoms with Gasteiger partial charge in [-0.15, -0.1) is 0 Å². The SMILES string of the molecule is CC(C)C(=O)N1CCCCC1C(N)=NO. The summed E-state index contributed by atoms with van der Waals surface area (Å²) in [6.07, 6.45) is 2.80. The lowest BCUT2D eigenvalue weighted by Gasteiger charge is -2.35. The number of carbonyl (C=O) groups excluding carboxylic acids is 1. The molecule has 0 aromatic rings. The van der Waals surface area contributed by atoms with Gasteiger partial charge < -0.3 is 15.8 Å². The Balaban J connectivity index is 2.78. The number of carbonyl (C=O) groups is 1. The maximum Gasteiger partial charge on any atom is 0.225 e. The minimum atomic E-state index is -0.223. The predicted octanol–water partition coefficient (Wildman–Crippen LogP) is 0.770. The van der Waals surface area contributed by atoms with Gasteiger partial charge in [0.15, 0.2) is 5.84 Å². The van der Waals surface area contributed by atoms with E-state index in [0.29, 0.717) is 6.54 Å². The molecule has 0 aromatic carbocycles. The minimum Gasteiger partial charge on any atom is -0.409 e. The third-order valence-corrected chi connectivity index (χ3v) is 2.74. The highest BCUT2D eigenvalue weighted by atomic mass is 16.4. The molecular formula is C10H19N3O2. The van der Waals surface area contributed by atoms with E-state index in [-0.39, 0.29) is 23.7 Å². The molecule has 0 spiro atoms. The molecule has 5 heteroatoms. The van der Waals surface area contributed by atoms with Gasteiger partial charge >= 0.3 is 0 Å². The first kappa shape index (κ1) is 11.8. The quantitative estimate of drug-likeness (QED) is 0.308. The Bertz CT molecular complexity index is 263. The molecule has 5 nitrogen and oxygen atoms in total. The third kappa shape index (κ3) is 2.61. The number of hydrogen-bond donors (Lipinski definition) is 2. The van der Waals surface area contributed by atoms with E-state index in [1.165, 1.54) is 0 Å². The van der Waals surface area contributed by atoms with Crippen LogP contribution in [0.4, 0.5) is 0 Å². The number of nitrogens with zero attached hydrogens (tertiary/aromatic N) is 2. The summed E-state index contributed by atoms with van der Waals surface area (Å²) in [4.78, 5) is 13.6. The standard InChI is InChI=1S/C10H19N3O2/c1-7(2)10(14)13-6-4-3-5-8(13)9(11)12-15/h7-8,15H,3-6H2,1-2H3,(H2,11,12). The van der Waals surface area contributed by atoms with Crippen LogP contribution >= 0.6 is 0 Å². The summed E-state index contributed by atoms with van der Waals surface area (Å²) in [7, 11) is 0. The Labute approximate surface area is 89.9 Å². The average Bonchev–Trinajstić information content (AvgIpc) is 2.27. The lowest BCUT2D eigenvalue weighted by Crippen LogP contribution is -2.51. The van der Waals surface area contributed by atoms with E-state index in [2.05, 4.69) is 5.16 Å². The maximum absolute atomic E-state index is 11.9. The molecule has 1 fully saturated rings. The largest absolute Gasteiger partial charge is 0.409 e. The van der Waals surface area contributed by atoms with Gasteiger partial charge in [0.25, 0.3) is 0 Å². The summed E-state index contributed by atoms with van der Waals surface area (Å²) < 4.78 is 0. The third-order valence-electron chi connectivity index (χ3n) is 2.74. The Morgan fingerprint density at radius 2 is 2.20 bits per heavy atom. The van der Waals surface area contributed by atoms with Gasteiger partial charge in [-0.3, -0.25) is 4.79 Å². The second kappa shape index (κ2) is 5.00. The molecule has 86 valence electrons. The first-order chi connectivity index (χ1) is 7.07. The molecule has 1 heterocycles. The maximum atomic E-state index is 11.9. The van der Waals surface area contributed by atoms with Gasteiger partial charge in [-0.05, 0) is 19.3 Å². The van der Waals surface area contributed by atoms with Crippen LogP contribution in [0.5, 0.6) is 0 Å². The fraction of sp³-hybridized carbons (Fsp3) is 0.800. The number of piperidine rings is 1. The molecule has 0 bridgehead atoms. The summed E-state index contributed by atoms with van der Waals surface area (Å²) in [5, 5.41) is 11.7. The van der Waals surface area contributed by atoms with Gasteiger partial charge in [-0.2, -0.15) is 0 Å². The molecule has 15 heavy (non-hydrogen) atoms. The Hall–Kier alpha value is -1.26. The Morgan fingerprint density at radius 3 is 2.73 bits per heavy atom. The zero-order valence-corrected chi connectivity index (χ0v) is 9.31. The smallest absolute Gasteiger partial charge is 0.225 e. The van der Waals surface area contributed by atoms with Crippen LogP contribution < -0.4 is 5.73 Å². The molecule has 1 atom stereocenters. The fourth-order valence-electron chi connectivity index (χ4n) is 1.90. The van der Waals surface area contributed by atoms with Gasteiger partial charge in [0, 0.05) is 12.5 Å². The van der Waals surface area contributed by atoms with E-state index >= 15 is 0 Å². The van der Waals surface area contributed by atoms with Crippen LogP contribution in [0.15, 0.2) is 5.16 Å². The highest BCUT2D eigenvalue weighted by Gasteiger charge is 2.30. The van der Waals surface area contributed by atoms with Gasteiger partial charge in [0.05, 0.1) is 6.04 Å². The Kier molecular flexibility index (Phi) is 3.94. The Morgan fingerprint density at radius 1 is 1.53 bits per heavy atom. The zero-order valence-electron chi connectivity index (χ0n) is 9.31.